The fraction of sp³-hybridized carbons (Fsp3) is 0.882. The van der Waals surface area contributed by atoms with E-state index >= 15 is 0 Å². The maximum atomic E-state index is 12.3. The van der Waals surface area contributed by atoms with Crippen molar-refractivity contribution in [2.75, 3.05) is 0 Å². The third kappa shape index (κ3) is 4.67. The first-order valence-corrected chi connectivity index (χ1v) is 9.03. The number of carbonyl (C=O) groups is 1. The summed E-state index contributed by atoms with van der Waals surface area (Å²) < 4.78 is 0. The number of nitrogens with two attached hydrogens (primary N) is 1. The van der Waals surface area contributed by atoms with Gasteiger partial charge in [-0.25, -0.2) is 0 Å². The second-order valence-corrected chi connectivity index (χ2v) is 7.66. The molecule has 3 nitrogen and oxygen atoms in total. The van der Waals surface area contributed by atoms with Crippen molar-refractivity contribution in [3.8, 4) is 0 Å². The van der Waals surface area contributed by atoms with Gasteiger partial charge in [0.15, 0.2) is 0 Å². The first-order chi connectivity index (χ1) is 10.0. The minimum Gasteiger partial charge on any atom is -0.391 e. The van der Waals surface area contributed by atoms with Crippen LogP contribution >= 0.6 is 12.2 Å². The smallest absolute Gasteiger partial charge is 0.220 e. The van der Waals surface area contributed by atoms with Crippen molar-refractivity contribution in [3.63, 3.8) is 0 Å². The molecule has 2 fully saturated rings. The lowest BCUT2D eigenvalue weighted by Crippen LogP contribution is -2.58. The summed E-state index contributed by atoms with van der Waals surface area (Å²) in [6.45, 7) is 2.26. The van der Waals surface area contributed by atoms with Crippen molar-refractivity contribution in [1.29, 1.82) is 0 Å². The van der Waals surface area contributed by atoms with Crippen LogP contribution in [0.1, 0.15) is 77.6 Å². The molecule has 2 aliphatic rings. The van der Waals surface area contributed by atoms with Crippen molar-refractivity contribution in [3.05, 3.63) is 0 Å². The number of rotatable bonds is 5. The zero-order valence-electron chi connectivity index (χ0n) is 13.3. The van der Waals surface area contributed by atoms with Crippen LogP contribution < -0.4 is 11.1 Å². The Bertz CT molecular complexity index is 369. The highest BCUT2D eigenvalue weighted by molar-refractivity contribution is 7.80. The van der Waals surface area contributed by atoms with Crippen LogP contribution in [-0.4, -0.2) is 16.4 Å². The maximum absolute atomic E-state index is 12.3. The fourth-order valence-electron chi connectivity index (χ4n) is 3.83. The predicted molar refractivity (Wildman–Crippen MR) is 91.1 cm³/mol. The van der Waals surface area contributed by atoms with E-state index in [4.69, 9.17) is 18.0 Å². The average molecular weight is 311 g/mol. The Morgan fingerprint density at radius 2 is 1.81 bits per heavy atom. The van der Waals surface area contributed by atoms with Crippen LogP contribution in [-0.2, 0) is 4.79 Å². The van der Waals surface area contributed by atoms with E-state index in [2.05, 4.69) is 12.2 Å². The first-order valence-electron chi connectivity index (χ1n) is 8.63. The summed E-state index contributed by atoms with van der Waals surface area (Å²) in [5, 5.41) is 3.19. The summed E-state index contributed by atoms with van der Waals surface area (Å²) in [4.78, 5) is 12.8. The van der Waals surface area contributed by atoms with Crippen molar-refractivity contribution in [1.82, 2.24) is 5.32 Å². The summed E-state index contributed by atoms with van der Waals surface area (Å²) in [6.07, 6.45) is 12.3. The van der Waals surface area contributed by atoms with Crippen molar-refractivity contribution in [2.24, 2.45) is 17.6 Å². The minimum atomic E-state index is -0.411. The van der Waals surface area contributed by atoms with E-state index in [-0.39, 0.29) is 5.91 Å². The Hall–Kier alpha value is -0.640. The average Bonchev–Trinajstić information content (AvgIpc) is 2.48. The highest BCUT2D eigenvalue weighted by Crippen LogP contribution is 2.33. The molecule has 0 aromatic carbocycles. The lowest BCUT2D eigenvalue weighted by molar-refractivity contribution is -0.123. The SMILES string of the molecule is CC1CCC(NC(=O)CCC2CCCCC2)(C(N)=S)CC1. The highest BCUT2D eigenvalue weighted by atomic mass is 32.1. The normalized spacial score (nSPS) is 30.8. The number of hydrogen-bond acceptors (Lipinski definition) is 2. The topological polar surface area (TPSA) is 55.1 Å². The van der Waals surface area contributed by atoms with Crippen LogP contribution in [0.3, 0.4) is 0 Å². The minimum absolute atomic E-state index is 0.142. The Kier molecular flexibility index (Phi) is 6.03. The molecule has 120 valence electrons. The van der Waals surface area contributed by atoms with Gasteiger partial charge < -0.3 is 11.1 Å². The van der Waals surface area contributed by atoms with Gasteiger partial charge in [-0.3, -0.25) is 4.79 Å². The molecule has 0 aromatic rings. The van der Waals surface area contributed by atoms with Gasteiger partial charge in [0.2, 0.25) is 5.91 Å². The van der Waals surface area contributed by atoms with Crippen molar-refractivity contribution < 1.29 is 4.79 Å². The predicted octanol–water partition coefficient (Wildman–Crippen LogP) is 3.70. The Morgan fingerprint density at radius 1 is 1.19 bits per heavy atom. The number of carbonyl (C=O) groups excluding carboxylic acids is 1. The molecular weight excluding hydrogens is 280 g/mol. The van der Waals surface area contributed by atoms with Crippen LogP contribution in [0.5, 0.6) is 0 Å². The molecule has 4 heteroatoms. The van der Waals surface area contributed by atoms with Crippen LogP contribution in [0.15, 0.2) is 0 Å². The van der Waals surface area contributed by atoms with Gasteiger partial charge in [-0.1, -0.05) is 51.2 Å². The quantitative estimate of drug-likeness (QED) is 0.761. The largest absolute Gasteiger partial charge is 0.391 e. The van der Waals surface area contributed by atoms with E-state index in [0.717, 1.165) is 38.0 Å². The first kappa shape index (κ1) is 16.7. The number of hydrogen-bond donors (Lipinski definition) is 2. The molecule has 1 amide bonds. The van der Waals surface area contributed by atoms with Crippen LogP contribution in [0, 0.1) is 11.8 Å². The van der Waals surface area contributed by atoms with Gasteiger partial charge in [0, 0.05) is 6.42 Å². The lowest BCUT2D eigenvalue weighted by atomic mass is 9.77. The number of thiocarbonyl (C=S) groups is 1. The maximum Gasteiger partial charge on any atom is 0.220 e. The van der Waals surface area contributed by atoms with Crippen molar-refractivity contribution >= 4 is 23.1 Å². The Labute approximate surface area is 134 Å². The molecule has 3 N–H and O–H groups in total. The monoisotopic (exact) mass is 310 g/mol. The Balaban J connectivity index is 1.82. The summed E-state index contributed by atoms with van der Waals surface area (Å²) in [5.41, 5.74) is 5.54. The zero-order chi connectivity index (χ0) is 15.3. The summed E-state index contributed by atoms with van der Waals surface area (Å²) in [6, 6.07) is 0. The van der Waals surface area contributed by atoms with E-state index in [9.17, 15) is 4.79 Å². The van der Waals surface area contributed by atoms with Gasteiger partial charge >= 0.3 is 0 Å². The fourth-order valence-corrected chi connectivity index (χ4v) is 4.08. The van der Waals surface area contributed by atoms with E-state index in [0.29, 0.717) is 17.3 Å². The molecule has 0 heterocycles. The molecule has 0 spiro atoms. The zero-order valence-corrected chi connectivity index (χ0v) is 14.1. The van der Waals surface area contributed by atoms with E-state index < -0.39 is 5.54 Å². The summed E-state index contributed by atoms with van der Waals surface area (Å²) >= 11 is 5.26. The number of nitrogens with one attached hydrogen (secondary N) is 1. The second-order valence-electron chi connectivity index (χ2n) is 7.22. The van der Waals surface area contributed by atoms with Crippen molar-refractivity contribution in [2.45, 2.75) is 83.1 Å². The molecule has 2 aliphatic carbocycles. The molecule has 0 atom stereocenters. The van der Waals surface area contributed by atoms with Gasteiger partial charge in [0.05, 0.1) is 10.5 Å². The molecule has 0 aromatic heterocycles. The van der Waals surface area contributed by atoms with Crippen LogP contribution in [0.4, 0.5) is 0 Å². The van der Waals surface area contributed by atoms with Gasteiger partial charge in [-0.15, -0.1) is 0 Å². The molecule has 0 aliphatic heterocycles. The van der Waals surface area contributed by atoms with Gasteiger partial charge in [-0.05, 0) is 43.9 Å². The second kappa shape index (κ2) is 7.57. The molecule has 0 unspecified atom stereocenters. The van der Waals surface area contributed by atoms with Gasteiger partial charge in [-0.2, -0.15) is 0 Å². The third-order valence-electron chi connectivity index (χ3n) is 5.48. The molecule has 0 saturated heterocycles. The molecule has 21 heavy (non-hydrogen) atoms. The molecule has 0 radical (unpaired) electrons. The molecular formula is C17H30N2OS. The summed E-state index contributed by atoms with van der Waals surface area (Å²) in [7, 11) is 0. The third-order valence-corrected chi connectivity index (χ3v) is 5.87. The highest BCUT2D eigenvalue weighted by Gasteiger charge is 2.38. The molecule has 2 saturated carbocycles. The van der Waals surface area contributed by atoms with Crippen LogP contribution in [0.25, 0.3) is 0 Å². The van der Waals surface area contributed by atoms with E-state index in [1.165, 1.54) is 32.1 Å². The van der Waals surface area contributed by atoms with Gasteiger partial charge in [0.25, 0.3) is 0 Å². The standard InChI is InChI=1S/C17H30N2OS/c1-13-9-11-17(12-10-13,16(18)21)19-15(20)8-7-14-5-3-2-4-6-14/h13-14H,2-12H2,1H3,(H2,18,21)(H,19,20). The molecule has 0 bridgehead atoms. The van der Waals surface area contributed by atoms with Gasteiger partial charge in [0.1, 0.15) is 0 Å². The van der Waals surface area contributed by atoms with E-state index in [1.54, 1.807) is 0 Å². The van der Waals surface area contributed by atoms with E-state index in [1.807, 2.05) is 0 Å². The summed E-state index contributed by atoms with van der Waals surface area (Å²) in [5.74, 6) is 1.60. The number of amides is 1. The van der Waals surface area contributed by atoms with Crippen LogP contribution in [0.2, 0.25) is 0 Å². The Morgan fingerprint density at radius 3 is 2.38 bits per heavy atom. The lowest BCUT2D eigenvalue weighted by Gasteiger charge is -2.39. The molecule has 2 rings (SSSR count).